The van der Waals surface area contributed by atoms with Crippen LogP contribution in [0, 0.1) is 5.92 Å². The molecule has 0 saturated heterocycles. The molecule has 0 aliphatic carbocycles. The minimum absolute atomic E-state index is 0.196. The molecular weight excluding hydrogens is 262 g/mol. The molecule has 0 bridgehead atoms. The Labute approximate surface area is 117 Å². The fourth-order valence-corrected chi connectivity index (χ4v) is 1.39. The summed E-state index contributed by atoms with van der Waals surface area (Å²) in [6, 6.07) is 4.85. The van der Waals surface area contributed by atoms with E-state index in [2.05, 4.69) is 5.32 Å². The van der Waals surface area contributed by atoms with Crippen molar-refractivity contribution in [3.05, 3.63) is 18.2 Å². The monoisotopic (exact) mass is 281 g/mol. The second-order valence-corrected chi connectivity index (χ2v) is 4.25. The molecule has 1 rings (SSSR count). The maximum Gasteiger partial charge on any atom is 0.255 e. The lowest BCUT2D eigenvalue weighted by Crippen LogP contribution is -2.26. The van der Waals surface area contributed by atoms with Crippen molar-refractivity contribution in [2.24, 2.45) is 17.4 Å². The molecular formula is C13H19N3O4. The van der Waals surface area contributed by atoms with E-state index in [1.165, 1.54) is 7.11 Å². The maximum atomic E-state index is 11.7. The van der Waals surface area contributed by atoms with E-state index in [4.69, 9.17) is 20.9 Å². The van der Waals surface area contributed by atoms with Crippen LogP contribution in [-0.2, 0) is 9.59 Å². The number of hydrogen-bond donors (Lipinski definition) is 3. The van der Waals surface area contributed by atoms with E-state index in [1.807, 2.05) is 0 Å². The summed E-state index contributed by atoms with van der Waals surface area (Å²) < 4.78 is 10.3. The molecule has 0 radical (unpaired) electrons. The number of rotatable bonds is 7. The second kappa shape index (κ2) is 7.34. The zero-order chi connectivity index (χ0) is 15.1. The normalized spacial score (nSPS) is 11.6. The van der Waals surface area contributed by atoms with Gasteiger partial charge >= 0.3 is 0 Å². The summed E-state index contributed by atoms with van der Waals surface area (Å²) in [6.07, 6.45) is 0. The van der Waals surface area contributed by atoms with Gasteiger partial charge in [0.2, 0.25) is 5.91 Å². The van der Waals surface area contributed by atoms with Gasteiger partial charge in [-0.25, -0.2) is 0 Å². The van der Waals surface area contributed by atoms with Crippen LogP contribution < -0.4 is 26.3 Å². The van der Waals surface area contributed by atoms with E-state index < -0.39 is 5.91 Å². The quantitative estimate of drug-likeness (QED) is 0.655. The molecule has 0 heterocycles. The number of methoxy groups -OCH3 is 1. The Morgan fingerprint density at radius 2 is 2.05 bits per heavy atom. The van der Waals surface area contributed by atoms with Gasteiger partial charge in [0.1, 0.15) is 0 Å². The molecule has 1 aromatic rings. The third-order valence-corrected chi connectivity index (χ3v) is 2.60. The number of carbonyl (C=O) groups is 2. The molecule has 1 aromatic carbocycles. The van der Waals surface area contributed by atoms with Crippen LogP contribution in [0.2, 0.25) is 0 Å². The highest BCUT2D eigenvalue weighted by Crippen LogP contribution is 2.30. The molecule has 0 aromatic heterocycles. The van der Waals surface area contributed by atoms with Gasteiger partial charge < -0.3 is 26.3 Å². The van der Waals surface area contributed by atoms with Gasteiger partial charge in [-0.15, -0.1) is 0 Å². The van der Waals surface area contributed by atoms with Crippen LogP contribution in [0.1, 0.15) is 6.92 Å². The van der Waals surface area contributed by atoms with Crippen LogP contribution in [0.5, 0.6) is 11.5 Å². The lowest BCUT2D eigenvalue weighted by atomic mass is 10.1. The molecule has 7 nitrogen and oxygen atoms in total. The van der Waals surface area contributed by atoms with Crippen molar-refractivity contribution in [3.8, 4) is 11.5 Å². The number of benzene rings is 1. The summed E-state index contributed by atoms with van der Waals surface area (Å²) in [7, 11) is 1.47. The minimum atomic E-state index is -0.599. The SMILES string of the molecule is COc1ccc(NC(=O)C(C)CN)cc1OCC(N)=O. The van der Waals surface area contributed by atoms with Crippen molar-refractivity contribution < 1.29 is 19.1 Å². The Kier molecular flexibility index (Phi) is 5.79. The first-order valence-corrected chi connectivity index (χ1v) is 6.08. The van der Waals surface area contributed by atoms with Crippen molar-refractivity contribution in [2.75, 3.05) is 25.6 Å². The molecule has 5 N–H and O–H groups in total. The van der Waals surface area contributed by atoms with Crippen molar-refractivity contribution in [2.45, 2.75) is 6.92 Å². The predicted octanol–water partition coefficient (Wildman–Crippen LogP) is 0.0926. The predicted molar refractivity (Wildman–Crippen MR) is 74.5 cm³/mol. The van der Waals surface area contributed by atoms with Gasteiger partial charge in [0.25, 0.3) is 5.91 Å². The average Bonchev–Trinajstić information content (AvgIpc) is 2.44. The molecule has 7 heteroatoms. The molecule has 1 unspecified atom stereocenters. The maximum absolute atomic E-state index is 11.7. The van der Waals surface area contributed by atoms with Crippen molar-refractivity contribution in [3.63, 3.8) is 0 Å². The summed E-state index contributed by atoms with van der Waals surface area (Å²) in [5, 5.41) is 2.70. The first-order chi connectivity index (χ1) is 9.47. The minimum Gasteiger partial charge on any atom is -0.493 e. The summed E-state index contributed by atoms with van der Waals surface area (Å²) in [5.41, 5.74) is 11.0. The fraction of sp³-hybridized carbons (Fsp3) is 0.385. The standard InChI is InChI=1S/C13H19N3O4/c1-8(6-14)13(18)16-9-3-4-10(19-2)11(5-9)20-7-12(15)17/h3-5,8H,6-7,14H2,1-2H3,(H2,15,17)(H,16,18). The van der Waals surface area contributed by atoms with Gasteiger partial charge in [-0.3, -0.25) is 9.59 Å². The second-order valence-electron chi connectivity index (χ2n) is 4.25. The van der Waals surface area contributed by atoms with Crippen LogP contribution >= 0.6 is 0 Å². The van der Waals surface area contributed by atoms with Gasteiger partial charge in [-0.1, -0.05) is 6.92 Å². The molecule has 0 aliphatic rings. The molecule has 1 atom stereocenters. The van der Waals surface area contributed by atoms with Crippen LogP contribution in [0.15, 0.2) is 18.2 Å². The lowest BCUT2D eigenvalue weighted by molar-refractivity contribution is -0.120. The highest BCUT2D eigenvalue weighted by Gasteiger charge is 2.13. The fourth-order valence-electron chi connectivity index (χ4n) is 1.39. The van der Waals surface area contributed by atoms with Crippen molar-refractivity contribution in [1.82, 2.24) is 0 Å². The molecule has 2 amide bonds. The molecule has 0 aliphatic heterocycles. The highest BCUT2D eigenvalue weighted by molar-refractivity contribution is 5.92. The number of amides is 2. The van der Waals surface area contributed by atoms with E-state index in [-0.39, 0.29) is 25.0 Å². The summed E-state index contributed by atoms with van der Waals surface area (Å²) in [6.45, 7) is 1.71. The average molecular weight is 281 g/mol. The molecule has 0 fully saturated rings. The van der Waals surface area contributed by atoms with Crippen LogP contribution in [-0.4, -0.2) is 32.1 Å². The largest absolute Gasteiger partial charge is 0.493 e. The van der Waals surface area contributed by atoms with Crippen LogP contribution in [0.4, 0.5) is 5.69 Å². The van der Waals surface area contributed by atoms with Gasteiger partial charge in [-0.05, 0) is 12.1 Å². The third-order valence-electron chi connectivity index (χ3n) is 2.60. The molecule has 110 valence electrons. The van der Waals surface area contributed by atoms with E-state index in [0.29, 0.717) is 17.2 Å². The van der Waals surface area contributed by atoms with Gasteiger partial charge in [0, 0.05) is 24.2 Å². The number of hydrogen-bond acceptors (Lipinski definition) is 5. The molecule has 0 saturated carbocycles. The first kappa shape index (κ1) is 15.8. The smallest absolute Gasteiger partial charge is 0.255 e. The topological polar surface area (TPSA) is 117 Å². The Morgan fingerprint density at radius 1 is 1.35 bits per heavy atom. The number of primary amides is 1. The lowest BCUT2D eigenvalue weighted by Gasteiger charge is -2.13. The van der Waals surface area contributed by atoms with Crippen LogP contribution in [0.25, 0.3) is 0 Å². The number of nitrogens with one attached hydrogen (secondary N) is 1. The number of nitrogens with two attached hydrogens (primary N) is 2. The third kappa shape index (κ3) is 4.43. The zero-order valence-corrected chi connectivity index (χ0v) is 11.5. The van der Waals surface area contributed by atoms with Gasteiger partial charge in [-0.2, -0.15) is 0 Å². The van der Waals surface area contributed by atoms with Crippen molar-refractivity contribution >= 4 is 17.5 Å². The van der Waals surface area contributed by atoms with E-state index >= 15 is 0 Å². The summed E-state index contributed by atoms with van der Waals surface area (Å²) in [4.78, 5) is 22.5. The summed E-state index contributed by atoms with van der Waals surface area (Å²) >= 11 is 0. The van der Waals surface area contributed by atoms with E-state index in [9.17, 15) is 9.59 Å². The Bertz CT molecular complexity index is 491. The Hall–Kier alpha value is -2.28. The van der Waals surface area contributed by atoms with E-state index in [0.717, 1.165) is 0 Å². The van der Waals surface area contributed by atoms with E-state index in [1.54, 1.807) is 25.1 Å². The first-order valence-electron chi connectivity index (χ1n) is 6.08. The Balaban J connectivity index is 2.86. The molecule has 0 spiro atoms. The number of carbonyl (C=O) groups excluding carboxylic acids is 2. The number of ether oxygens (including phenoxy) is 2. The Morgan fingerprint density at radius 3 is 2.60 bits per heavy atom. The van der Waals surface area contributed by atoms with Gasteiger partial charge in [0.15, 0.2) is 18.1 Å². The molecule has 20 heavy (non-hydrogen) atoms. The van der Waals surface area contributed by atoms with Gasteiger partial charge in [0.05, 0.1) is 7.11 Å². The highest BCUT2D eigenvalue weighted by atomic mass is 16.5. The van der Waals surface area contributed by atoms with Crippen molar-refractivity contribution in [1.29, 1.82) is 0 Å². The zero-order valence-electron chi connectivity index (χ0n) is 11.5. The number of anilines is 1. The summed E-state index contributed by atoms with van der Waals surface area (Å²) in [5.74, 6) is -0.329. The van der Waals surface area contributed by atoms with Crippen LogP contribution in [0.3, 0.4) is 0 Å².